The molecular weight excluding hydrogens is 305 g/mol. The summed E-state index contributed by atoms with van der Waals surface area (Å²) in [4.78, 5) is 0. The third-order valence-corrected chi connectivity index (χ3v) is 3.81. The van der Waals surface area contributed by atoms with Gasteiger partial charge in [0.1, 0.15) is 18.2 Å². The van der Waals surface area contributed by atoms with Gasteiger partial charge in [0, 0.05) is 12.8 Å². The molecule has 8 heteroatoms. The van der Waals surface area contributed by atoms with Crippen LogP contribution in [0.4, 0.5) is 4.39 Å². The van der Waals surface area contributed by atoms with Crippen molar-refractivity contribution in [2.45, 2.75) is 11.8 Å². The van der Waals surface area contributed by atoms with Gasteiger partial charge in [-0.15, -0.1) is 10.2 Å². The maximum Gasteiger partial charge on any atom is 0.191 e. The quantitative estimate of drug-likeness (QED) is 0.654. The van der Waals surface area contributed by atoms with E-state index in [1.807, 2.05) is 0 Å². The van der Waals surface area contributed by atoms with Crippen LogP contribution in [-0.2, 0) is 13.7 Å². The van der Waals surface area contributed by atoms with Gasteiger partial charge in [-0.05, 0) is 18.2 Å². The Balaban J connectivity index is 1.83. The summed E-state index contributed by atoms with van der Waals surface area (Å²) < 4.78 is 20.0. The molecule has 5 nitrogen and oxygen atoms in total. The van der Waals surface area contributed by atoms with Crippen LogP contribution in [-0.4, -0.2) is 32.2 Å². The first-order chi connectivity index (χ1) is 9.61. The van der Waals surface area contributed by atoms with Crippen LogP contribution < -0.4 is 4.74 Å². The highest BCUT2D eigenvalue weighted by molar-refractivity contribution is 7.99. The molecule has 1 aromatic carbocycles. The van der Waals surface area contributed by atoms with Gasteiger partial charge in [-0.1, -0.05) is 23.4 Å². The molecule has 1 N–H and O–H groups in total. The summed E-state index contributed by atoms with van der Waals surface area (Å²) in [6, 6.07) is 4.00. The average Bonchev–Trinajstić information content (AvgIpc) is 2.77. The van der Waals surface area contributed by atoms with Crippen molar-refractivity contribution in [3.63, 3.8) is 0 Å². The second-order valence-corrected chi connectivity index (χ2v) is 5.36. The first kappa shape index (κ1) is 15.1. The molecule has 0 aliphatic carbocycles. The van der Waals surface area contributed by atoms with E-state index in [0.717, 1.165) is 0 Å². The molecule has 0 saturated heterocycles. The number of aliphatic hydroxyl groups excluding tert-OH is 1. The molecule has 2 aromatic rings. The van der Waals surface area contributed by atoms with Crippen molar-refractivity contribution < 1.29 is 14.2 Å². The molecule has 0 fully saturated rings. The number of benzene rings is 1. The molecule has 0 unspecified atom stereocenters. The lowest BCUT2D eigenvalue weighted by Crippen LogP contribution is -2.03. The lowest BCUT2D eigenvalue weighted by atomic mass is 10.3. The smallest absolute Gasteiger partial charge is 0.191 e. The number of aromatic nitrogens is 3. The second kappa shape index (κ2) is 6.92. The molecule has 0 atom stereocenters. The van der Waals surface area contributed by atoms with Crippen molar-refractivity contribution in [3.05, 3.63) is 34.9 Å². The summed E-state index contributed by atoms with van der Waals surface area (Å²) in [5.41, 5.74) is 0. The Morgan fingerprint density at radius 3 is 2.90 bits per heavy atom. The summed E-state index contributed by atoms with van der Waals surface area (Å²) in [7, 11) is 1.78. The number of hydrogen-bond acceptors (Lipinski definition) is 5. The fourth-order valence-electron chi connectivity index (χ4n) is 1.49. The molecule has 0 amide bonds. The van der Waals surface area contributed by atoms with Gasteiger partial charge < -0.3 is 14.4 Å². The van der Waals surface area contributed by atoms with E-state index in [1.165, 1.54) is 30.0 Å². The second-order valence-electron chi connectivity index (χ2n) is 3.89. The molecular formula is C12H13ClFN3O2S. The van der Waals surface area contributed by atoms with Crippen molar-refractivity contribution in [1.29, 1.82) is 0 Å². The molecule has 0 saturated carbocycles. The van der Waals surface area contributed by atoms with Crippen LogP contribution in [0.25, 0.3) is 0 Å². The molecule has 0 bridgehead atoms. The third kappa shape index (κ3) is 3.62. The molecule has 20 heavy (non-hydrogen) atoms. The van der Waals surface area contributed by atoms with E-state index in [0.29, 0.717) is 29.1 Å². The van der Waals surface area contributed by atoms with E-state index in [-0.39, 0.29) is 11.6 Å². The van der Waals surface area contributed by atoms with Crippen LogP contribution >= 0.6 is 23.4 Å². The summed E-state index contributed by atoms with van der Waals surface area (Å²) >= 11 is 7.29. The van der Waals surface area contributed by atoms with Crippen LogP contribution in [0.5, 0.6) is 5.75 Å². The van der Waals surface area contributed by atoms with Gasteiger partial charge in [0.05, 0.1) is 11.6 Å². The van der Waals surface area contributed by atoms with Gasteiger partial charge in [-0.2, -0.15) is 0 Å². The van der Waals surface area contributed by atoms with E-state index in [4.69, 9.17) is 21.4 Å². The summed E-state index contributed by atoms with van der Waals surface area (Å²) in [5.74, 6) is 1.19. The van der Waals surface area contributed by atoms with Crippen LogP contribution in [0.3, 0.4) is 0 Å². The van der Waals surface area contributed by atoms with Crippen molar-refractivity contribution in [1.82, 2.24) is 14.8 Å². The van der Waals surface area contributed by atoms with E-state index in [1.54, 1.807) is 11.6 Å². The van der Waals surface area contributed by atoms with Gasteiger partial charge in [-0.3, -0.25) is 0 Å². The summed E-state index contributed by atoms with van der Waals surface area (Å²) in [6.45, 7) is 0.253. The number of ether oxygens (including phenoxy) is 1. The predicted molar refractivity (Wildman–Crippen MR) is 74.6 cm³/mol. The molecule has 0 radical (unpaired) electrons. The molecule has 2 rings (SSSR count). The minimum Gasteiger partial charge on any atom is -0.491 e. The Bertz CT molecular complexity index is 594. The first-order valence-corrected chi connectivity index (χ1v) is 7.18. The molecule has 108 valence electrons. The summed E-state index contributed by atoms with van der Waals surface area (Å²) in [6.07, 6.45) is 0. The van der Waals surface area contributed by atoms with E-state index in [9.17, 15) is 4.39 Å². The van der Waals surface area contributed by atoms with Gasteiger partial charge in [0.25, 0.3) is 0 Å². The lowest BCUT2D eigenvalue weighted by Gasteiger charge is -2.07. The Morgan fingerprint density at radius 2 is 2.25 bits per heavy atom. The normalized spacial score (nSPS) is 10.8. The zero-order valence-electron chi connectivity index (χ0n) is 10.7. The minimum absolute atomic E-state index is 0.147. The number of aliphatic hydroxyl groups is 1. The number of halogens is 2. The van der Waals surface area contributed by atoms with Gasteiger partial charge >= 0.3 is 0 Å². The van der Waals surface area contributed by atoms with Gasteiger partial charge in [-0.25, -0.2) is 4.39 Å². The topological polar surface area (TPSA) is 60.2 Å². The van der Waals surface area contributed by atoms with Gasteiger partial charge in [0.2, 0.25) is 0 Å². The maximum atomic E-state index is 12.9. The summed E-state index contributed by atoms with van der Waals surface area (Å²) in [5, 5.41) is 17.7. The third-order valence-electron chi connectivity index (χ3n) is 2.53. The molecule has 1 aromatic heterocycles. The van der Waals surface area contributed by atoms with Crippen molar-refractivity contribution in [3.8, 4) is 5.75 Å². The number of nitrogens with zero attached hydrogens (tertiary/aromatic N) is 3. The number of rotatable bonds is 6. The molecule has 0 aliphatic heterocycles. The largest absolute Gasteiger partial charge is 0.491 e. The monoisotopic (exact) mass is 317 g/mol. The SMILES string of the molecule is Cn1c(CO)nnc1SCCOc1ccc(F)cc1Cl. The van der Waals surface area contributed by atoms with E-state index < -0.39 is 5.82 Å². The number of hydrogen-bond donors (Lipinski definition) is 1. The highest BCUT2D eigenvalue weighted by atomic mass is 35.5. The standard InChI is InChI=1S/C12H13ClFN3O2S/c1-17-11(7-18)15-16-12(17)20-5-4-19-10-3-2-8(14)6-9(10)13/h2-3,6,18H,4-5,7H2,1H3. The zero-order valence-corrected chi connectivity index (χ0v) is 12.3. The fourth-order valence-corrected chi connectivity index (χ4v) is 2.45. The first-order valence-electron chi connectivity index (χ1n) is 5.81. The Hall–Kier alpha value is -1.31. The van der Waals surface area contributed by atoms with Crippen LogP contribution in [0, 0.1) is 5.82 Å². The molecule has 0 aliphatic rings. The van der Waals surface area contributed by atoms with Gasteiger partial charge in [0.15, 0.2) is 11.0 Å². The van der Waals surface area contributed by atoms with Crippen LogP contribution in [0.2, 0.25) is 5.02 Å². The Kier molecular flexibility index (Phi) is 5.22. The highest BCUT2D eigenvalue weighted by Crippen LogP contribution is 2.25. The van der Waals surface area contributed by atoms with Crippen molar-refractivity contribution in [2.24, 2.45) is 7.05 Å². The minimum atomic E-state index is -0.396. The van der Waals surface area contributed by atoms with Crippen molar-refractivity contribution in [2.75, 3.05) is 12.4 Å². The molecule has 1 heterocycles. The maximum absolute atomic E-state index is 12.9. The van der Waals surface area contributed by atoms with E-state index >= 15 is 0 Å². The van der Waals surface area contributed by atoms with Crippen LogP contribution in [0.15, 0.2) is 23.4 Å². The lowest BCUT2D eigenvalue weighted by molar-refractivity contribution is 0.266. The predicted octanol–water partition coefficient (Wildman–Crippen LogP) is 2.27. The van der Waals surface area contributed by atoms with E-state index in [2.05, 4.69) is 10.2 Å². The zero-order chi connectivity index (χ0) is 14.5. The number of thioether (sulfide) groups is 1. The highest BCUT2D eigenvalue weighted by Gasteiger charge is 2.08. The van der Waals surface area contributed by atoms with Crippen molar-refractivity contribution >= 4 is 23.4 Å². The van der Waals surface area contributed by atoms with Crippen LogP contribution in [0.1, 0.15) is 5.82 Å². The fraction of sp³-hybridized carbons (Fsp3) is 0.333. The average molecular weight is 318 g/mol. The molecule has 0 spiro atoms. The Morgan fingerprint density at radius 1 is 1.45 bits per heavy atom. The Labute approximate surface area is 124 Å².